The van der Waals surface area contributed by atoms with Gasteiger partial charge in [0.2, 0.25) is 0 Å². The fourth-order valence-electron chi connectivity index (χ4n) is 2.24. The second-order valence-corrected chi connectivity index (χ2v) is 20.2. The highest BCUT2D eigenvalue weighted by molar-refractivity contribution is 6.87. The average Bonchev–Trinajstić information content (AvgIpc) is 2.17. The lowest BCUT2D eigenvalue weighted by atomic mass is 10.4. The summed E-state index contributed by atoms with van der Waals surface area (Å²) in [4.78, 5) is 0. The predicted molar refractivity (Wildman–Crippen MR) is 119 cm³/mol. The van der Waals surface area contributed by atoms with Crippen LogP contribution in [0.4, 0.5) is 0 Å². The third-order valence-corrected chi connectivity index (χ3v) is 12.1. The average molecular weight is 403 g/mol. The van der Waals surface area contributed by atoms with Gasteiger partial charge in [-0.3, -0.25) is 0 Å². The molecule has 0 aromatic rings. The zero-order valence-electron chi connectivity index (χ0n) is 14.4. The highest BCUT2D eigenvalue weighted by Gasteiger charge is 2.39. The van der Waals surface area contributed by atoms with E-state index in [1.807, 2.05) is 0 Å². The van der Waals surface area contributed by atoms with Crippen LogP contribution >= 0.6 is 0 Å². The standard InChI is InChI=1S/C13H34O4Si3.4CH4/c1-18(2,3)16-20(7,17-19(4,5)6)13-9-8-11-15-12-10-14;;;;/h14H,8-13H2,1-7H3;4*1H4. The van der Waals surface area contributed by atoms with Gasteiger partial charge >= 0.3 is 8.56 Å². The van der Waals surface area contributed by atoms with Gasteiger partial charge in [0.15, 0.2) is 16.6 Å². The van der Waals surface area contributed by atoms with Crippen molar-refractivity contribution in [2.45, 2.75) is 94.4 Å². The van der Waals surface area contributed by atoms with Crippen molar-refractivity contribution in [3.63, 3.8) is 0 Å². The third-order valence-electron chi connectivity index (χ3n) is 2.45. The molecule has 0 unspecified atom stereocenters. The van der Waals surface area contributed by atoms with Crippen LogP contribution in [0.15, 0.2) is 0 Å². The molecule has 4 nitrogen and oxygen atoms in total. The van der Waals surface area contributed by atoms with Crippen molar-refractivity contribution in [1.82, 2.24) is 0 Å². The molecule has 0 atom stereocenters. The summed E-state index contributed by atoms with van der Waals surface area (Å²) in [5.41, 5.74) is 0. The SMILES string of the molecule is C.C.C.C.C[Si](C)(C)O[Si](C)(CCCCOCCO)O[Si](C)(C)C. The Hall–Kier alpha value is 0.491. The molecule has 1 N–H and O–H groups in total. The van der Waals surface area contributed by atoms with Gasteiger partial charge in [-0.2, -0.15) is 0 Å². The first-order valence-electron chi connectivity index (χ1n) is 7.56. The summed E-state index contributed by atoms with van der Waals surface area (Å²) in [6, 6.07) is 1.03. The molecule has 24 heavy (non-hydrogen) atoms. The molecule has 7 heteroatoms. The number of aliphatic hydroxyl groups excluding tert-OH is 1. The van der Waals surface area contributed by atoms with Crippen LogP contribution in [-0.2, 0) is 13.0 Å². The van der Waals surface area contributed by atoms with Crippen LogP contribution in [-0.4, -0.2) is 50.1 Å². The maximum absolute atomic E-state index is 8.66. The van der Waals surface area contributed by atoms with Crippen LogP contribution < -0.4 is 0 Å². The molecule has 0 spiro atoms. The smallest absolute Gasteiger partial charge is 0.314 e. The van der Waals surface area contributed by atoms with Crippen LogP contribution in [0.5, 0.6) is 0 Å². The van der Waals surface area contributed by atoms with Crippen molar-refractivity contribution in [2.75, 3.05) is 19.8 Å². The fraction of sp³-hybridized carbons (Fsp3) is 1.00. The van der Waals surface area contributed by atoms with Gasteiger partial charge in [-0.25, -0.2) is 0 Å². The van der Waals surface area contributed by atoms with Crippen LogP contribution in [0.2, 0.25) is 51.9 Å². The third kappa shape index (κ3) is 22.5. The number of rotatable bonds is 11. The van der Waals surface area contributed by atoms with Gasteiger partial charge in [0.05, 0.1) is 13.2 Å². The van der Waals surface area contributed by atoms with Gasteiger partial charge < -0.3 is 18.1 Å². The van der Waals surface area contributed by atoms with Crippen molar-refractivity contribution in [1.29, 1.82) is 0 Å². The summed E-state index contributed by atoms with van der Waals surface area (Å²) in [5, 5.41) is 8.66. The Morgan fingerprint density at radius 2 is 1.08 bits per heavy atom. The van der Waals surface area contributed by atoms with E-state index in [0.29, 0.717) is 13.2 Å². The van der Waals surface area contributed by atoms with Gasteiger partial charge in [0.25, 0.3) is 0 Å². The summed E-state index contributed by atoms with van der Waals surface area (Å²) >= 11 is 0. The van der Waals surface area contributed by atoms with E-state index in [1.165, 1.54) is 0 Å². The topological polar surface area (TPSA) is 47.9 Å². The Kier molecular flexibility index (Phi) is 23.3. The van der Waals surface area contributed by atoms with Gasteiger partial charge in [-0.1, -0.05) is 29.7 Å². The zero-order valence-corrected chi connectivity index (χ0v) is 17.4. The van der Waals surface area contributed by atoms with Crippen molar-refractivity contribution < 1.29 is 18.1 Å². The number of hydrogen-bond acceptors (Lipinski definition) is 4. The van der Waals surface area contributed by atoms with Gasteiger partial charge in [0.1, 0.15) is 0 Å². The minimum Gasteiger partial charge on any atom is -0.437 e. The molecule has 0 saturated carbocycles. The summed E-state index contributed by atoms with van der Waals surface area (Å²) < 4.78 is 18.2. The molecule has 0 aromatic carbocycles. The fourth-order valence-corrected chi connectivity index (χ4v) is 14.8. The predicted octanol–water partition coefficient (Wildman–Crippen LogP) is 6.09. The molecule has 0 amide bonds. The summed E-state index contributed by atoms with van der Waals surface area (Å²) in [6.45, 7) is 16.9. The van der Waals surface area contributed by atoms with Gasteiger partial charge in [-0.05, 0) is 64.7 Å². The maximum atomic E-state index is 8.66. The van der Waals surface area contributed by atoms with Crippen LogP contribution in [0.25, 0.3) is 0 Å². The van der Waals surface area contributed by atoms with Crippen molar-refractivity contribution in [3.05, 3.63) is 0 Å². The van der Waals surface area contributed by atoms with E-state index in [1.54, 1.807) is 0 Å². The first-order valence-corrected chi connectivity index (χ1v) is 16.9. The normalized spacial score (nSPS) is 11.5. The molecule has 0 radical (unpaired) electrons. The first kappa shape index (κ1) is 35.6. The molecular formula is C17H50O4Si3. The quantitative estimate of drug-likeness (QED) is 0.335. The van der Waals surface area contributed by atoms with E-state index in [-0.39, 0.29) is 36.3 Å². The Morgan fingerprint density at radius 1 is 0.667 bits per heavy atom. The van der Waals surface area contributed by atoms with Crippen molar-refractivity contribution in [3.8, 4) is 0 Å². The summed E-state index contributed by atoms with van der Waals surface area (Å²) in [5.74, 6) is 0. The second-order valence-electron chi connectivity index (χ2n) is 7.36. The molecule has 0 aromatic heterocycles. The van der Waals surface area contributed by atoms with Crippen molar-refractivity contribution >= 4 is 25.2 Å². The number of aliphatic hydroxyl groups is 1. The Labute approximate surface area is 157 Å². The Bertz CT molecular complexity index is 248. The van der Waals surface area contributed by atoms with E-state index >= 15 is 0 Å². The van der Waals surface area contributed by atoms with E-state index in [4.69, 9.17) is 18.1 Å². The minimum absolute atomic E-state index is 0. The second kappa shape index (κ2) is 15.7. The lowest BCUT2D eigenvalue weighted by molar-refractivity contribution is 0.0902. The molecule has 154 valence electrons. The lowest BCUT2D eigenvalue weighted by Gasteiger charge is -2.38. The van der Waals surface area contributed by atoms with Crippen LogP contribution in [0.3, 0.4) is 0 Å². The molecular weight excluding hydrogens is 352 g/mol. The van der Waals surface area contributed by atoms with Crippen molar-refractivity contribution in [2.24, 2.45) is 0 Å². The monoisotopic (exact) mass is 402 g/mol. The molecule has 0 saturated heterocycles. The maximum Gasteiger partial charge on any atom is 0.314 e. The van der Waals surface area contributed by atoms with Gasteiger partial charge in [-0.15, -0.1) is 0 Å². The molecule has 0 aliphatic rings. The Morgan fingerprint density at radius 3 is 1.42 bits per heavy atom. The van der Waals surface area contributed by atoms with E-state index in [0.717, 1.165) is 18.9 Å². The number of ether oxygens (including phenoxy) is 1. The zero-order chi connectivity index (χ0) is 15.9. The summed E-state index contributed by atoms with van der Waals surface area (Å²) in [7, 11) is -5.23. The molecule has 0 rings (SSSR count). The summed E-state index contributed by atoms with van der Waals surface area (Å²) in [6.07, 6.45) is 2.08. The molecule has 0 heterocycles. The van der Waals surface area contributed by atoms with Gasteiger partial charge in [0, 0.05) is 6.61 Å². The Balaban J connectivity index is -0.000000301. The van der Waals surface area contributed by atoms with E-state index in [2.05, 4.69) is 45.8 Å². The van der Waals surface area contributed by atoms with Crippen LogP contribution in [0, 0.1) is 0 Å². The number of unbranched alkanes of at least 4 members (excludes halogenated alkanes) is 1. The molecule has 0 aliphatic carbocycles. The highest BCUT2D eigenvalue weighted by atomic mass is 28.5. The largest absolute Gasteiger partial charge is 0.437 e. The highest BCUT2D eigenvalue weighted by Crippen LogP contribution is 2.25. The molecule has 0 fully saturated rings. The molecule has 0 aliphatic heterocycles. The van der Waals surface area contributed by atoms with E-state index < -0.39 is 25.2 Å². The van der Waals surface area contributed by atoms with E-state index in [9.17, 15) is 0 Å². The first-order chi connectivity index (χ1) is 8.97. The lowest BCUT2D eigenvalue weighted by Crippen LogP contribution is -2.52. The minimum atomic E-state index is -2.07. The molecule has 0 bridgehead atoms. The number of hydrogen-bond donors (Lipinski definition) is 1. The van der Waals surface area contributed by atoms with Crippen LogP contribution in [0.1, 0.15) is 42.5 Å².